The van der Waals surface area contributed by atoms with Crippen LogP contribution in [-0.4, -0.2) is 48.4 Å². The lowest BCUT2D eigenvalue weighted by Crippen LogP contribution is -2.35. The predicted molar refractivity (Wildman–Crippen MR) is 65.5 cm³/mol. The molecule has 11 heteroatoms. The van der Waals surface area contributed by atoms with Gasteiger partial charge in [0.15, 0.2) is 4.60 Å². The Morgan fingerprint density at radius 3 is 2.72 bits per heavy atom. The first-order chi connectivity index (χ1) is 8.29. The van der Waals surface area contributed by atoms with Crippen LogP contribution < -0.4 is 4.72 Å². The van der Waals surface area contributed by atoms with Gasteiger partial charge in [0, 0.05) is 13.6 Å². The number of rotatable bonds is 5. The molecule has 0 spiro atoms. The molecule has 1 aromatic rings. The number of carbonyl (C=O) groups excluding carboxylic acids is 1. The number of aromatic nitrogens is 3. The molecule has 8 nitrogen and oxygen atoms in total. The summed E-state index contributed by atoms with van der Waals surface area (Å²) in [7, 11) is -1.28. The molecule has 0 amide bonds. The molecule has 0 saturated carbocycles. The van der Waals surface area contributed by atoms with Crippen LogP contribution in [0.2, 0.25) is 0 Å². The van der Waals surface area contributed by atoms with Gasteiger partial charge in [-0.15, -0.1) is 16.7 Å². The summed E-state index contributed by atoms with van der Waals surface area (Å²) in [5.41, 5.74) is 0. The molecule has 0 aliphatic rings. The Hall–Kier alpha value is -0.710. The highest BCUT2D eigenvalue weighted by Gasteiger charge is 2.26. The molecule has 1 N–H and O–H groups in total. The minimum atomic E-state index is -3.87. The van der Waals surface area contributed by atoms with E-state index in [2.05, 4.69) is 35.7 Å². The molecular formula is C7H10BrClN4O4S. The van der Waals surface area contributed by atoms with Crippen molar-refractivity contribution in [1.82, 2.24) is 19.7 Å². The number of halogens is 2. The normalized spacial score (nSPS) is 13.3. The number of sulfonamides is 1. The van der Waals surface area contributed by atoms with Crippen LogP contribution in [0.5, 0.6) is 0 Å². The van der Waals surface area contributed by atoms with Crippen LogP contribution in [0.25, 0.3) is 0 Å². The topological polar surface area (TPSA) is 103 Å². The van der Waals surface area contributed by atoms with Crippen molar-refractivity contribution in [1.29, 1.82) is 0 Å². The highest BCUT2D eigenvalue weighted by atomic mass is 79.9. The SMILES string of the molecule is COC(=O)C(Cl)CNS(=O)(=O)c1c(Br)nnn1C. The highest BCUT2D eigenvalue weighted by molar-refractivity contribution is 9.10. The summed E-state index contributed by atoms with van der Waals surface area (Å²) in [5, 5.41) is 5.82. The number of ether oxygens (including phenoxy) is 1. The van der Waals surface area contributed by atoms with E-state index >= 15 is 0 Å². The van der Waals surface area contributed by atoms with E-state index < -0.39 is 21.4 Å². The van der Waals surface area contributed by atoms with Crippen LogP contribution in [0.15, 0.2) is 9.63 Å². The zero-order valence-corrected chi connectivity index (χ0v) is 12.6. The lowest BCUT2D eigenvalue weighted by atomic mass is 10.4. The van der Waals surface area contributed by atoms with Gasteiger partial charge in [-0.3, -0.25) is 4.79 Å². The third-order valence-electron chi connectivity index (χ3n) is 1.90. The van der Waals surface area contributed by atoms with E-state index in [0.717, 1.165) is 11.8 Å². The van der Waals surface area contributed by atoms with Gasteiger partial charge in [0.1, 0.15) is 5.38 Å². The Balaban J connectivity index is 2.81. The van der Waals surface area contributed by atoms with Crippen molar-refractivity contribution >= 4 is 43.5 Å². The molecule has 0 aromatic carbocycles. The standard InChI is InChI=1S/C7H10BrClN4O4S/c1-13-6(5(8)11-12-13)18(15,16)10-3-4(9)7(14)17-2/h4,10H,3H2,1-2H3. The van der Waals surface area contributed by atoms with E-state index in [9.17, 15) is 13.2 Å². The van der Waals surface area contributed by atoms with E-state index in [0.29, 0.717) is 0 Å². The van der Waals surface area contributed by atoms with Crippen molar-refractivity contribution in [2.24, 2.45) is 7.05 Å². The number of esters is 1. The quantitative estimate of drug-likeness (QED) is 0.567. The summed E-state index contributed by atoms with van der Waals surface area (Å²) in [5.74, 6) is -0.721. The minimum absolute atomic E-state index is 0.0710. The second-order valence-electron chi connectivity index (χ2n) is 3.15. The largest absolute Gasteiger partial charge is 0.468 e. The zero-order valence-electron chi connectivity index (χ0n) is 9.42. The molecule has 1 unspecified atom stereocenters. The fourth-order valence-electron chi connectivity index (χ4n) is 1.07. The van der Waals surface area contributed by atoms with Crippen molar-refractivity contribution in [3.8, 4) is 0 Å². The lowest BCUT2D eigenvalue weighted by molar-refractivity contribution is -0.140. The molecule has 18 heavy (non-hydrogen) atoms. The predicted octanol–water partition coefficient (Wildman–Crippen LogP) is -0.364. The van der Waals surface area contributed by atoms with Crippen molar-refractivity contribution < 1.29 is 17.9 Å². The molecule has 1 aromatic heterocycles. The minimum Gasteiger partial charge on any atom is -0.468 e. The Labute approximate surface area is 117 Å². The molecule has 0 saturated heterocycles. The summed E-state index contributed by atoms with van der Waals surface area (Å²) in [6.45, 7) is -0.297. The van der Waals surface area contributed by atoms with Gasteiger partial charge in [-0.2, -0.15) is 0 Å². The molecular weight excluding hydrogens is 352 g/mol. The van der Waals surface area contributed by atoms with Crippen LogP contribution >= 0.6 is 27.5 Å². The van der Waals surface area contributed by atoms with Gasteiger partial charge in [-0.05, 0) is 15.9 Å². The van der Waals surface area contributed by atoms with E-state index in [1.165, 1.54) is 7.05 Å². The Kier molecular flexibility index (Phi) is 5.08. The van der Waals surface area contributed by atoms with Gasteiger partial charge < -0.3 is 4.74 Å². The average Bonchev–Trinajstić information content (AvgIpc) is 2.65. The van der Waals surface area contributed by atoms with E-state index in [1.807, 2.05) is 0 Å². The number of carbonyl (C=O) groups is 1. The summed E-state index contributed by atoms with van der Waals surface area (Å²) >= 11 is 8.59. The molecule has 0 fully saturated rings. The van der Waals surface area contributed by atoms with Gasteiger partial charge in [0.2, 0.25) is 5.03 Å². The first kappa shape index (κ1) is 15.3. The third-order valence-corrected chi connectivity index (χ3v) is 4.54. The second kappa shape index (κ2) is 5.95. The smallest absolute Gasteiger partial charge is 0.325 e. The Morgan fingerprint density at radius 1 is 1.67 bits per heavy atom. The van der Waals surface area contributed by atoms with Crippen LogP contribution in [0, 0.1) is 0 Å². The van der Waals surface area contributed by atoms with Crippen molar-refractivity contribution in [2.45, 2.75) is 10.4 Å². The molecule has 1 rings (SSSR count). The summed E-state index contributed by atoms with van der Waals surface area (Å²) in [6, 6.07) is 0. The van der Waals surface area contributed by atoms with Crippen molar-refractivity contribution in [3.05, 3.63) is 4.60 Å². The van der Waals surface area contributed by atoms with E-state index in [4.69, 9.17) is 11.6 Å². The summed E-state index contributed by atoms with van der Waals surface area (Å²) in [4.78, 5) is 11.0. The van der Waals surface area contributed by atoms with Crippen molar-refractivity contribution in [2.75, 3.05) is 13.7 Å². The molecule has 1 atom stereocenters. The molecule has 0 radical (unpaired) electrons. The van der Waals surface area contributed by atoms with Crippen LogP contribution in [0.3, 0.4) is 0 Å². The number of aryl methyl sites for hydroxylation is 1. The van der Waals surface area contributed by atoms with Crippen LogP contribution in [0.1, 0.15) is 0 Å². The number of nitrogens with zero attached hydrogens (tertiary/aromatic N) is 3. The highest BCUT2D eigenvalue weighted by Crippen LogP contribution is 2.17. The Morgan fingerprint density at radius 2 is 2.28 bits per heavy atom. The lowest BCUT2D eigenvalue weighted by Gasteiger charge is -2.09. The fourth-order valence-corrected chi connectivity index (χ4v) is 3.46. The maximum absolute atomic E-state index is 11.9. The van der Waals surface area contributed by atoms with E-state index in [-0.39, 0.29) is 16.2 Å². The van der Waals surface area contributed by atoms with Gasteiger partial charge in [0.05, 0.1) is 7.11 Å². The fraction of sp³-hybridized carbons (Fsp3) is 0.571. The van der Waals surface area contributed by atoms with Crippen LogP contribution in [0.4, 0.5) is 0 Å². The molecule has 0 aliphatic carbocycles. The third kappa shape index (κ3) is 3.40. The van der Waals surface area contributed by atoms with Gasteiger partial charge in [-0.1, -0.05) is 5.21 Å². The Bertz CT molecular complexity index is 526. The zero-order chi connectivity index (χ0) is 13.9. The monoisotopic (exact) mass is 360 g/mol. The number of hydrogen-bond acceptors (Lipinski definition) is 6. The summed E-state index contributed by atoms with van der Waals surface area (Å²) in [6.07, 6.45) is 0. The molecule has 1 heterocycles. The maximum Gasteiger partial charge on any atom is 0.325 e. The first-order valence-electron chi connectivity index (χ1n) is 4.56. The molecule has 0 bridgehead atoms. The van der Waals surface area contributed by atoms with E-state index in [1.54, 1.807) is 0 Å². The average molecular weight is 362 g/mol. The van der Waals surface area contributed by atoms with Crippen molar-refractivity contribution in [3.63, 3.8) is 0 Å². The number of methoxy groups -OCH3 is 1. The summed E-state index contributed by atoms with van der Waals surface area (Å²) < 4.78 is 31.5. The van der Waals surface area contributed by atoms with Gasteiger partial charge in [0.25, 0.3) is 10.0 Å². The first-order valence-corrected chi connectivity index (χ1v) is 7.27. The van der Waals surface area contributed by atoms with Gasteiger partial charge >= 0.3 is 5.97 Å². The number of hydrogen-bond donors (Lipinski definition) is 1. The van der Waals surface area contributed by atoms with Crippen LogP contribution in [-0.2, 0) is 26.6 Å². The second-order valence-corrected chi connectivity index (χ2v) is 6.11. The number of alkyl halides is 1. The van der Waals surface area contributed by atoms with Gasteiger partial charge in [-0.25, -0.2) is 17.8 Å². The maximum atomic E-state index is 11.9. The molecule has 102 valence electrons. The molecule has 0 aliphatic heterocycles. The number of nitrogens with one attached hydrogen (secondary N) is 1.